The number of carbonyl (C=O) groups excluding carboxylic acids is 1. The molecule has 1 aliphatic rings. The number of hydrogen-bond donors (Lipinski definition) is 2. The lowest BCUT2D eigenvalue weighted by atomic mass is 10.1. The van der Waals surface area contributed by atoms with Gasteiger partial charge < -0.3 is 20.5 Å². The normalized spacial score (nSPS) is 15.0. The lowest BCUT2D eigenvalue weighted by molar-refractivity contribution is -0.385. The van der Waals surface area contributed by atoms with Crippen LogP contribution in [-0.4, -0.2) is 28.5 Å². The maximum atomic E-state index is 11.6. The third-order valence-corrected chi connectivity index (χ3v) is 4.17. The second kappa shape index (κ2) is 7.48. The first-order valence-electron chi connectivity index (χ1n) is 8.52. The number of carbonyl (C=O) groups is 1. The molecule has 3 rings (SSSR count). The summed E-state index contributed by atoms with van der Waals surface area (Å²) >= 11 is 0. The number of nitrogens with one attached hydrogen (secondary N) is 1. The van der Waals surface area contributed by atoms with Crippen molar-refractivity contribution < 1.29 is 19.2 Å². The van der Waals surface area contributed by atoms with Crippen LogP contribution in [0.25, 0.3) is 0 Å². The Labute approximate surface area is 155 Å². The van der Waals surface area contributed by atoms with Gasteiger partial charge in [0.05, 0.1) is 17.1 Å². The monoisotopic (exact) mass is 372 g/mol. The lowest BCUT2D eigenvalue weighted by Crippen LogP contribution is -2.16. The minimum absolute atomic E-state index is 0.0480. The Bertz CT molecular complexity index is 900. The van der Waals surface area contributed by atoms with Crippen LogP contribution in [0.4, 0.5) is 11.5 Å². The van der Waals surface area contributed by atoms with Gasteiger partial charge in [0.2, 0.25) is 0 Å². The number of nitrogens with zero attached hydrogens (tertiary/aromatic N) is 2. The van der Waals surface area contributed by atoms with Crippen LogP contribution in [0.15, 0.2) is 24.4 Å². The van der Waals surface area contributed by atoms with Crippen molar-refractivity contribution in [1.82, 2.24) is 4.98 Å². The van der Waals surface area contributed by atoms with Crippen molar-refractivity contribution in [3.63, 3.8) is 0 Å². The highest BCUT2D eigenvalue weighted by atomic mass is 16.6. The number of rotatable bonds is 7. The molecule has 1 aliphatic heterocycles. The maximum Gasteiger partial charge on any atom is 0.288 e. The molecular weight excluding hydrogens is 352 g/mol. The van der Waals surface area contributed by atoms with Crippen LogP contribution in [0.5, 0.6) is 11.5 Å². The van der Waals surface area contributed by atoms with Crippen molar-refractivity contribution in [2.75, 3.05) is 11.9 Å². The molecule has 0 spiro atoms. The van der Waals surface area contributed by atoms with Crippen molar-refractivity contribution in [3.05, 3.63) is 51.2 Å². The molecule has 1 aromatic carbocycles. The van der Waals surface area contributed by atoms with Gasteiger partial charge in [-0.25, -0.2) is 4.98 Å². The summed E-state index contributed by atoms with van der Waals surface area (Å²) in [4.78, 5) is 25.9. The number of amides is 1. The molecule has 0 saturated carbocycles. The molecule has 9 heteroatoms. The van der Waals surface area contributed by atoms with Gasteiger partial charge in [-0.15, -0.1) is 0 Å². The molecule has 2 aromatic rings. The average molecular weight is 372 g/mol. The maximum absolute atomic E-state index is 11.6. The van der Waals surface area contributed by atoms with Gasteiger partial charge in [0.25, 0.3) is 11.6 Å². The number of pyridine rings is 1. The van der Waals surface area contributed by atoms with E-state index in [4.69, 9.17) is 15.2 Å². The quantitative estimate of drug-likeness (QED) is 0.564. The molecule has 0 fully saturated rings. The number of ether oxygens (including phenoxy) is 2. The zero-order valence-corrected chi connectivity index (χ0v) is 15.0. The third-order valence-electron chi connectivity index (χ3n) is 4.17. The van der Waals surface area contributed by atoms with Gasteiger partial charge in [0.15, 0.2) is 0 Å². The number of aromatic nitrogens is 1. The standard InChI is InChI=1S/C18H20N4O5/c1-3-26-15-5-11-4-10(2)27-16(11)6-12(15)8-20-18-14(17(19)23)7-13(9-21-18)22(24)25/h5-7,9-10H,3-4,8H2,1-2H3,(H2,19,23)(H,20,21)/t10-/m0/s1. The van der Waals surface area contributed by atoms with E-state index in [1.165, 1.54) is 0 Å². The van der Waals surface area contributed by atoms with E-state index in [1.54, 1.807) is 0 Å². The minimum atomic E-state index is -0.801. The molecule has 27 heavy (non-hydrogen) atoms. The highest BCUT2D eigenvalue weighted by molar-refractivity contribution is 5.98. The van der Waals surface area contributed by atoms with Crippen LogP contribution >= 0.6 is 0 Å². The Morgan fingerprint density at radius 2 is 2.26 bits per heavy atom. The predicted molar refractivity (Wildman–Crippen MR) is 98.1 cm³/mol. The van der Waals surface area contributed by atoms with Crippen LogP contribution in [0.3, 0.4) is 0 Å². The molecule has 0 bridgehead atoms. The first-order valence-corrected chi connectivity index (χ1v) is 8.52. The fourth-order valence-corrected chi connectivity index (χ4v) is 2.97. The van der Waals surface area contributed by atoms with Crippen molar-refractivity contribution in [1.29, 1.82) is 0 Å². The molecule has 1 aromatic heterocycles. The van der Waals surface area contributed by atoms with Crippen LogP contribution in [-0.2, 0) is 13.0 Å². The van der Waals surface area contributed by atoms with Gasteiger partial charge in [0, 0.05) is 30.2 Å². The number of nitro groups is 1. The molecule has 0 unspecified atom stereocenters. The van der Waals surface area contributed by atoms with E-state index in [2.05, 4.69) is 10.3 Å². The first kappa shape index (κ1) is 18.4. The molecule has 2 heterocycles. The van der Waals surface area contributed by atoms with Crippen molar-refractivity contribution in [2.45, 2.75) is 32.9 Å². The van der Waals surface area contributed by atoms with Gasteiger partial charge >= 0.3 is 0 Å². The summed E-state index contributed by atoms with van der Waals surface area (Å²) in [5.41, 5.74) is 6.89. The van der Waals surface area contributed by atoms with E-state index in [9.17, 15) is 14.9 Å². The smallest absolute Gasteiger partial charge is 0.288 e. The molecule has 142 valence electrons. The molecule has 0 aliphatic carbocycles. The van der Waals surface area contributed by atoms with Gasteiger partial charge in [-0.1, -0.05) is 0 Å². The third kappa shape index (κ3) is 3.91. The summed E-state index contributed by atoms with van der Waals surface area (Å²) in [6, 6.07) is 4.96. The number of primary amides is 1. The summed E-state index contributed by atoms with van der Waals surface area (Å²) in [6.45, 7) is 4.68. The van der Waals surface area contributed by atoms with Gasteiger partial charge in [-0.3, -0.25) is 14.9 Å². The highest BCUT2D eigenvalue weighted by Crippen LogP contribution is 2.35. The first-order chi connectivity index (χ1) is 12.9. The molecule has 9 nitrogen and oxygen atoms in total. The van der Waals surface area contributed by atoms with E-state index >= 15 is 0 Å². The summed E-state index contributed by atoms with van der Waals surface area (Å²) in [6.07, 6.45) is 2.00. The minimum Gasteiger partial charge on any atom is -0.494 e. The van der Waals surface area contributed by atoms with Crippen LogP contribution in [0.2, 0.25) is 0 Å². The van der Waals surface area contributed by atoms with Crippen molar-refractivity contribution in [3.8, 4) is 11.5 Å². The van der Waals surface area contributed by atoms with E-state index in [-0.39, 0.29) is 29.7 Å². The summed E-state index contributed by atoms with van der Waals surface area (Å²) in [7, 11) is 0. The summed E-state index contributed by atoms with van der Waals surface area (Å²) in [5, 5.41) is 13.9. The van der Waals surface area contributed by atoms with Crippen molar-refractivity contribution >= 4 is 17.4 Å². The van der Waals surface area contributed by atoms with Crippen LogP contribution in [0, 0.1) is 10.1 Å². The Hall–Kier alpha value is -3.36. The average Bonchev–Trinajstić information content (AvgIpc) is 2.98. The number of benzene rings is 1. The molecular formula is C18H20N4O5. The topological polar surface area (TPSA) is 130 Å². The number of anilines is 1. The zero-order chi connectivity index (χ0) is 19.6. The fourth-order valence-electron chi connectivity index (χ4n) is 2.97. The molecule has 0 saturated heterocycles. The summed E-state index contributed by atoms with van der Waals surface area (Å²) in [5.74, 6) is 0.883. The lowest BCUT2D eigenvalue weighted by Gasteiger charge is -2.14. The van der Waals surface area contributed by atoms with E-state index < -0.39 is 10.8 Å². The molecule has 1 atom stereocenters. The second-order valence-electron chi connectivity index (χ2n) is 6.20. The Kier molecular flexibility index (Phi) is 5.11. The van der Waals surface area contributed by atoms with E-state index in [1.807, 2.05) is 26.0 Å². The van der Waals surface area contributed by atoms with Crippen LogP contribution < -0.4 is 20.5 Å². The number of hydrogen-bond acceptors (Lipinski definition) is 7. The van der Waals surface area contributed by atoms with Crippen molar-refractivity contribution in [2.24, 2.45) is 5.73 Å². The summed E-state index contributed by atoms with van der Waals surface area (Å²) < 4.78 is 11.5. The second-order valence-corrected chi connectivity index (χ2v) is 6.20. The van der Waals surface area contributed by atoms with Gasteiger partial charge in [-0.05, 0) is 26.0 Å². The molecule has 1 amide bonds. The Morgan fingerprint density at radius 1 is 1.48 bits per heavy atom. The largest absolute Gasteiger partial charge is 0.494 e. The van der Waals surface area contributed by atoms with E-state index in [0.717, 1.165) is 35.6 Å². The number of fused-ring (bicyclic) bond motifs is 1. The predicted octanol–water partition coefficient (Wildman–Crippen LogP) is 2.42. The Balaban J connectivity index is 1.87. The SMILES string of the molecule is CCOc1cc2c(cc1CNc1ncc([N+](=O)[O-])cc1C(N)=O)O[C@@H](C)C2. The molecule has 3 N–H and O–H groups in total. The fraction of sp³-hybridized carbons (Fsp3) is 0.333. The zero-order valence-electron chi connectivity index (χ0n) is 15.0. The van der Waals surface area contributed by atoms with E-state index in [0.29, 0.717) is 12.4 Å². The van der Waals surface area contributed by atoms with Crippen LogP contribution in [0.1, 0.15) is 35.3 Å². The molecule has 0 radical (unpaired) electrons. The number of nitrogens with two attached hydrogens (primary N) is 1. The Morgan fingerprint density at radius 3 is 2.93 bits per heavy atom. The van der Waals surface area contributed by atoms with Gasteiger partial charge in [0.1, 0.15) is 29.6 Å². The highest BCUT2D eigenvalue weighted by Gasteiger charge is 2.22. The van der Waals surface area contributed by atoms with Gasteiger partial charge in [-0.2, -0.15) is 0 Å².